The number of hydrogen-bond acceptors (Lipinski definition) is 5. The minimum absolute atomic E-state index is 0.142. The Labute approximate surface area is 151 Å². The number of pyridine rings is 1. The lowest BCUT2D eigenvalue weighted by atomic mass is 10.0. The summed E-state index contributed by atoms with van der Waals surface area (Å²) in [5, 5.41) is 3.65. The summed E-state index contributed by atoms with van der Waals surface area (Å²) >= 11 is 0. The van der Waals surface area contributed by atoms with Gasteiger partial charge in [0.2, 0.25) is 5.91 Å². The van der Waals surface area contributed by atoms with Gasteiger partial charge in [-0.25, -0.2) is 13.4 Å². The Bertz CT molecular complexity index is 1040. The number of carbonyl (C=O) groups excluding carboxylic acids is 2. The molecular formula is C16H12F3N3O4S. The maximum Gasteiger partial charge on any atom is 0.503 e. The van der Waals surface area contributed by atoms with Gasteiger partial charge in [0.25, 0.3) is 15.7 Å². The Hall–Kier alpha value is -2.95. The second kappa shape index (κ2) is 6.65. The maximum atomic E-state index is 12.8. The highest BCUT2D eigenvalue weighted by molar-refractivity contribution is 7.92. The van der Waals surface area contributed by atoms with E-state index in [0.717, 1.165) is 23.9 Å². The smallest absolute Gasteiger partial charge is 0.326 e. The molecule has 27 heavy (non-hydrogen) atoms. The summed E-state index contributed by atoms with van der Waals surface area (Å²) in [6.45, 7) is 0. The van der Waals surface area contributed by atoms with Gasteiger partial charge in [-0.1, -0.05) is 0 Å². The molecule has 2 aromatic rings. The van der Waals surface area contributed by atoms with E-state index in [1.54, 1.807) is 12.1 Å². The number of carbonyl (C=O) groups is 2. The van der Waals surface area contributed by atoms with E-state index in [0.29, 0.717) is 12.1 Å². The van der Waals surface area contributed by atoms with Crippen LogP contribution in [0.3, 0.4) is 0 Å². The summed E-state index contributed by atoms with van der Waals surface area (Å²) in [7, 11) is -5.78. The van der Waals surface area contributed by atoms with Crippen LogP contribution in [0.1, 0.15) is 22.3 Å². The van der Waals surface area contributed by atoms with Crippen LogP contribution in [0.4, 0.5) is 24.5 Å². The van der Waals surface area contributed by atoms with Gasteiger partial charge in [0, 0.05) is 24.0 Å². The highest BCUT2D eigenvalue weighted by Gasteiger charge is 2.49. The monoisotopic (exact) mass is 399 g/mol. The average Bonchev–Trinajstić information content (AvgIpc) is 2.61. The van der Waals surface area contributed by atoms with E-state index >= 15 is 0 Å². The molecule has 7 nitrogen and oxygen atoms in total. The molecule has 1 aliphatic heterocycles. The molecular weight excluding hydrogens is 387 g/mol. The lowest BCUT2D eigenvalue weighted by molar-refractivity contribution is -0.116. The minimum atomic E-state index is -5.78. The van der Waals surface area contributed by atoms with E-state index in [1.807, 2.05) is 0 Å². The normalized spacial score (nSPS) is 14.3. The first-order valence-electron chi connectivity index (χ1n) is 7.60. The number of anilines is 2. The summed E-state index contributed by atoms with van der Waals surface area (Å²) < 4.78 is 61.7. The number of nitrogens with zero attached hydrogens (tertiary/aromatic N) is 1. The Balaban J connectivity index is 1.91. The summed E-state index contributed by atoms with van der Waals surface area (Å²) in [6, 6.07) is 6.64. The summed E-state index contributed by atoms with van der Waals surface area (Å²) in [6.07, 6.45) is 1.56. The predicted octanol–water partition coefficient (Wildman–Crippen LogP) is 2.51. The van der Waals surface area contributed by atoms with Gasteiger partial charge in [-0.05, 0) is 42.3 Å². The van der Waals surface area contributed by atoms with Crippen LogP contribution in [0.2, 0.25) is 0 Å². The van der Waals surface area contributed by atoms with Gasteiger partial charge >= 0.3 is 5.51 Å². The van der Waals surface area contributed by atoms with Gasteiger partial charge in [0.15, 0.2) is 5.03 Å². The molecule has 1 aromatic heterocycles. The Morgan fingerprint density at radius 2 is 1.93 bits per heavy atom. The number of nitrogens with one attached hydrogen (secondary N) is 2. The fourth-order valence-corrected chi connectivity index (χ4v) is 3.42. The first-order valence-corrected chi connectivity index (χ1v) is 9.08. The van der Waals surface area contributed by atoms with E-state index < -0.39 is 31.8 Å². The fraction of sp³-hybridized carbons (Fsp3) is 0.188. The molecule has 0 fully saturated rings. The third kappa shape index (κ3) is 3.63. The molecule has 2 heterocycles. The van der Waals surface area contributed by atoms with Crippen molar-refractivity contribution >= 4 is 33.0 Å². The first kappa shape index (κ1) is 18.8. The van der Waals surface area contributed by atoms with Gasteiger partial charge in [-0.2, -0.15) is 13.2 Å². The lowest BCUT2D eigenvalue weighted by Crippen LogP contribution is -2.27. The zero-order valence-electron chi connectivity index (χ0n) is 13.5. The van der Waals surface area contributed by atoms with Crippen LogP contribution in [-0.4, -0.2) is 30.7 Å². The molecule has 0 saturated carbocycles. The maximum absolute atomic E-state index is 12.8. The molecule has 0 radical (unpaired) electrons. The minimum Gasteiger partial charge on any atom is -0.326 e. The SMILES string of the molecule is O=C1CCc2cc(NC(=O)c3cccnc3S(=O)(=O)C(F)(F)F)ccc2N1. The van der Waals surface area contributed by atoms with Crippen LogP contribution in [0, 0.1) is 0 Å². The zero-order chi connectivity index (χ0) is 19.8. The van der Waals surface area contributed by atoms with Crippen molar-refractivity contribution in [2.75, 3.05) is 10.6 Å². The van der Waals surface area contributed by atoms with Crippen molar-refractivity contribution in [2.24, 2.45) is 0 Å². The third-order valence-corrected chi connectivity index (χ3v) is 5.28. The number of benzene rings is 1. The van der Waals surface area contributed by atoms with Gasteiger partial charge in [0.1, 0.15) is 0 Å². The van der Waals surface area contributed by atoms with E-state index in [-0.39, 0.29) is 18.0 Å². The Morgan fingerprint density at radius 1 is 1.19 bits per heavy atom. The van der Waals surface area contributed by atoms with Crippen molar-refractivity contribution in [3.05, 3.63) is 47.7 Å². The molecule has 1 aromatic carbocycles. The molecule has 0 atom stereocenters. The number of fused-ring (bicyclic) bond motifs is 1. The van der Waals surface area contributed by atoms with Gasteiger partial charge < -0.3 is 10.6 Å². The average molecular weight is 399 g/mol. The van der Waals surface area contributed by atoms with Crippen LogP contribution in [0.5, 0.6) is 0 Å². The van der Waals surface area contributed by atoms with Crippen molar-refractivity contribution in [3.63, 3.8) is 0 Å². The summed E-state index contributed by atoms with van der Waals surface area (Å²) in [5.74, 6) is -1.19. The predicted molar refractivity (Wildman–Crippen MR) is 88.8 cm³/mol. The molecule has 3 rings (SSSR count). The molecule has 0 unspecified atom stereocenters. The molecule has 11 heteroatoms. The molecule has 0 bridgehead atoms. The Kier molecular flexibility index (Phi) is 4.64. The number of aryl methyl sites for hydroxylation is 1. The number of amides is 2. The van der Waals surface area contributed by atoms with E-state index in [2.05, 4.69) is 15.6 Å². The fourth-order valence-electron chi connectivity index (χ4n) is 2.55. The van der Waals surface area contributed by atoms with Crippen molar-refractivity contribution in [2.45, 2.75) is 23.4 Å². The molecule has 142 valence electrons. The number of sulfone groups is 1. The van der Waals surface area contributed by atoms with Gasteiger partial charge in [-0.15, -0.1) is 0 Å². The quantitative estimate of drug-likeness (QED) is 0.825. The van der Waals surface area contributed by atoms with Crippen molar-refractivity contribution < 1.29 is 31.2 Å². The highest BCUT2D eigenvalue weighted by Crippen LogP contribution is 2.31. The van der Waals surface area contributed by atoms with Gasteiger partial charge in [0.05, 0.1) is 5.56 Å². The molecule has 2 N–H and O–H groups in total. The topological polar surface area (TPSA) is 105 Å². The standard InChI is InChI=1S/C16H12F3N3O4S/c17-16(18,19)27(25,26)15-11(2-1-7-20-15)14(24)21-10-4-5-12-9(8-10)3-6-13(23)22-12/h1-2,4-5,7-8H,3,6H2,(H,21,24)(H,22,23). The number of halogens is 3. The highest BCUT2D eigenvalue weighted by atomic mass is 32.2. The van der Waals surface area contributed by atoms with Crippen LogP contribution in [-0.2, 0) is 21.1 Å². The largest absolute Gasteiger partial charge is 0.503 e. The van der Waals surface area contributed by atoms with Crippen LogP contribution in [0.15, 0.2) is 41.6 Å². The van der Waals surface area contributed by atoms with E-state index in [4.69, 9.17) is 0 Å². The molecule has 2 amide bonds. The second-order valence-electron chi connectivity index (χ2n) is 5.68. The summed E-state index contributed by atoms with van der Waals surface area (Å²) in [4.78, 5) is 27.0. The van der Waals surface area contributed by atoms with Crippen molar-refractivity contribution in [3.8, 4) is 0 Å². The molecule has 0 saturated heterocycles. The number of hydrogen-bond donors (Lipinski definition) is 2. The Morgan fingerprint density at radius 3 is 2.63 bits per heavy atom. The molecule has 0 aliphatic carbocycles. The summed E-state index contributed by atoms with van der Waals surface area (Å²) in [5.41, 5.74) is -4.75. The second-order valence-corrected chi connectivity index (χ2v) is 7.54. The first-order chi connectivity index (χ1) is 12.6. The lowest BCUT2D eigenvalue weighted by Gasteiger charge is -2.18. The molecule has 0 spiro atoms. The van der Waals surface area contributed by atoms with Crippen LogP contribution >= 0.6 is 0 Å². The number of rotatable bonds is 3. The van der Waals surface area contributed by atoms with Crippen LogP contribution < -0.4 is 10.6 Å². The van der Waals surface area contributed by atoms with Crippen molar-refractivity contribution in [1.29, 1.82) is 0 Å². The number of alkyl halides is 3. The zero-order valence-corrected chi connectivity index (χ0v) is 14.3. The van der Waals surface area contributed by atoms with Gasteiger partial charge in [-0.3, -0.25) is 9.59 Å². The third-order valence-electron chi connectivity index (χ3n) is 3.83. The van der Waals surface area contributed by atoms with Crippen molar-refractivity contribution in [1.82, 2.24) is 4.98 Å². The van der Waals surface area contributed by atoms with Crippen LogP contribution in [0.25, 0.3) is 0 Å². The number of aromatic nitrogens is 1. The molecule has 1 aliphatic rings. The van der Waals surface area contributed by atoms with E-state index in [9.17, 15) is 31.2 Å². The van der Waals surface area contributed by atoms with E-state index in [1.165, 1.54) is 6.07 Å².